The Morgan fingerprint density at radius 1 is 1.39 bits per heavy atom. The Bertz CT molecular complexity index is 383. The Hall–Kier alpha value is -1.43. The molecule has 2 saturated heterocycles. The second-order valence-corrected chi connectivity index (χ2v) is 4.91. The van der Waals surface area contributed by atoms with Crippen molar-refractivity contribution in [1.29, 1.82) is 0 Å². The van der Waals surface area contributed by atoms with Crippen molar-refractivity contribution in [3.05, 3.63) is 0 Å². The fourth-order valence-electron chi connectivity index (χ4n) is 2.78. The van der Waals surface area contributed by atoms with Crippen LogP contribution in [-0.4, -0.2) is 54.2 Å². The molecule has 0 aromatic carbocycles. The van der Waals surface area contributed by atoms with Gasteiger partial charge in [0, 0.05) is 6.54 Å². The van der Waals surface area contributed by atoms with Crippen LogP contribution >= 0.6 is 0 Å². The lowest BCUT2D eigenvalue weighted by molar-refractivity contribution is -0.148. The van der Waals surface area contributed by atoms with Gasteiger partial charge >= 0.3 is 0 Å². The second kappa shape index (κ2) is 5.06. The summed E-state index contributed by atoms with van der Waals surface area (Å²) < 4.78 is 0. The molecule has 0 aliphatic carbocycles. The van der Waals surface area contributed by atoms with Gasteiger partial charge in [-0.2, -0.15) is 0 Å². The Balaban J connectivity index is 2.34. The molecule has 0 radical (unpaired) electrons. The van der Waals surface area contributed by atoms with Crippen molar-refractivity contribution in [2.45, 2.75) is 44.3 Å². The van der Waals surface area contributed by atoms with Crippen LogP contribution in [0.2, 0.25) is 0 Å². The number of likely N-dealkylation sites (N-methyl/N-ethyl adjacent to an activating group) is 1. The molecule has 6 heteroatoms. The van der Waals surface area contributed by atoms with Crippen molar-refractivity contribution in [1.82, 2.24) is 15.5 Å². The molecule has 2 fully saturated rings. The first-order valence-corrected chi connectivity index (χ1v) is 6.34. The average Bonchev–Trinajstić information content (AvgIpc) is 2.48. The molecule has 2 aliphatic rings. The van der Waals surface area contributed by atoms with E-state index >= 15 is 0 Å². The summed E-state index contributed by atoms with van der Waals surface area (Å²) in [5, 5.41) is 5.65. The molecule has 2 heterocycles. The number of carbonyl (C=O) groups excluding carboxylic acids is 3. The summed E-state index contributed by atoms with van der Waals surface area (Å²) in [5.74, 6) is -0.342. The van der Waals surface area contributed by atoms with E-state index in [2.05, 4.69) is 10.6 Å². The summed E-state index contributed by atoms with van der Waals surface area (Å²) in [6.45, 7) is 1.77. The number of nitrogens with zero attached hydrogens (tertiary/aromatic N) is 1. The van der Waals surface area contributed by atoms with E-state index < -0.39 is 18.1 Å². The van der Waals surface area contributed by atoms with E-state index in [9.17, 15) is 14.4 Å². The highest BCUT2D eigenvalue weighted by atomic mass is 16.2. The number of hydrogen-bond acceptors (Lipinski definition) is 4. The SMILES string of the molecule is CNC1CNC(=O)C2CCCC(C(C)=O)N2C1=O. The minimum atomic E-state index is -0.488. The van der Waals surface area contributed by atoms with Gasteiger partial charge in [0.05, 0.1) is 6.04 Å². The number of nitrogens with one attached hydrogen (secondary N) is 2. The number of carbonyl (C=O) groups is 3. The van der Waals surface area contributed by atoms with Gasteiger partial charge in [-0.05, 0) is 33.2 Å². The second-order valence-electron chi connectivity index (χ2n) is 4.91. The average molecular weight is 253 g/mol. The van der Waals surface area contributed by atoms with Crippen LogP contribution in [0.3, 0.4) is 0 Å². The van der Waals surface area contributed by atoms with Gasteiger partial charge in [0.25, 0.3) is 0 Å². The fraction of sp³-hybridized carbons (Fsp3) is 0.750. The lowest BCUT2D eigenvalue weighted by Gasteiger charge is -2.39. The van der Waals surface area contributed by atoms with Crippen LogP contribution in [0, 0.1) is 0 Å². The molecule has 0 spiro atoms. The summed E-state index contributed by atoms with van der Waals surface area (Å²) in [5.41, 5.74) is 0. The molecule has 0 aromatic rings. The van der Waals surface area contributed by atoms with Crippen LogP contribution in [0.5, 0.6) is 0 Å². The molecular weight excluding hydrogens is 234 g/mol. The number of piperidine rings is 1. The highest BCUT2D eigenvalue weighted by Crippen LogP contribution is 2.26. The van der Waals surface area contributed by atoms with Crippen molar-refractivity contribution in [3.8, 4) is 0 Å². The van der Waals surface area contributed by atoms with E-state index in [1.807, 2.05) is 0 Å². The molecule has 0 saturated carbocycles. The summed E-state index contributed by atoms with van der Waals surface area (Å²) in [6.07, 6.45) is 2.09. The van der Waals surface area contributed by atoms with Gasteiger partial charge < -0.3 is 15.5 Å². The molecule has 0 bridgehead atoms. The minimum absolute atomic E-state index is 0.0439. The molecular formula is C12H19N3O3. The van der Waals surface area contributed by atoms with Gasteiger partial charge in [-0.25, -0.2) is 0 Å². The molecule has 6 nitrogen and oxygen atoms in total. The van der Waals surface area contributed by atoms with Crippen molar-refractivity contribution in [2.24, 2.45) is 0 Å². The number of hydrogen-bond donors (Lipinski definition) is 2. The van der Waals surface area contributed by atoms with Gasteiger partial charge in [-0.1, -0.05) is 0 Å². The zero-order valence-corrected chi connectivity index (χ0v) is 10.7. The Morgan fingerprint density at radius 3 is 2.72 bits per heavy atom. The number of fused-ring (bicyclic) bond motifs is 1. The predicted octanol–water partition coefficient (Wildman–Crippen LogP) is -0.957. The Kier molecular flexibility index (Phi) is 3.65. The smallest absolute Gasteiger partial charge is 0.242 e. The Labute approximate surface area is 106 Å². The fourth-order valence-corrected chi connectivity index (χ4v) is 2.78. The predicted molar refractivity (Wildman–Crippen MR) is 64.8 cm³/mol. The molecule has 0 aromatic heterocycles. The quantitative estimate of drug-likeness (QED) is 0.664. The molecule has 2 N–H and O–H groups in total. The monoisotopic (exact) mass is 253 g/mol. The van der Waals surface area contributed by atoms with Crippen molar-refractivity contribution < 1.29 is 14.4 Å². The number of Topliss-reactive ketones (excluding diaryl/α,β-unsaturated/α-hetero) is 1. The number of ketones is 1. The molecule has 100 valence electrons. The lowest BCUT2D eigenvalue weighted by Crippen LogP contribution is -2.58. The van der Waals surface area contributed by atoms with Crippen LogP contribution in [0.15, 0.2) is 0 Å². The van der Waals surface area contributed by atoms with E-state index in [0.717, 1.165) is 6.42 Å². The van der Waals surface area contributed by atoms with Gasteiger partial charge in [0.1, 0.15) is 12.1 Å². The standard InChI is InChI=1S/C12H19N3O3/c1-7(16)9-4-3-5-10-11(17)14-6-8(13-2)12(18)15(9)10/h8-10,13H,3-6H2,1-2H3,(H,14,17). The summed E-state index contributed by atoms with van der Waals surface area (Å²) in [4.78, 5) is 37.5. The van der Waals surface area contributed by atoms with Crippen LogP contribution in [-0.2, 0) is 14.4 Å². The third kappa shape index (κ3) is 2.12. The maximum Gasteiger partial charge on any atom is 0.242 e. The van der Waals surface area contributed by atoms with E-state index in [0.29, 0.717) is 12.8 Å². The highest BCUT2D eigenvalue weighted by molar-refractivity contribution is 5.96. The van der Waals surface area contributed by atoms with Gasteiger partial charge in [0.15, 0.2) is 5.78 Å². The van der Waals surface area contributed by atoms with Crippen molar-refractivity contribution in [3.63, 3.8) is 0 Å². The first kappa shape index (κ1) is 13.0. The van der Waals surface area contributed by atoms with Crippen LogP contribution < -0.4 is 10.6 Å². The lowest BCUT2D eigenvalue weighted by atomic mass is 9.92. The van der Waals surface area contributed by atoms with E-state index in [4.69, 9.17) is 0 Å². The summed E-state index contributed by atoms with van der Waals surface area (Å²) >= 11 is 0. The maximum absolute atomic E-state index is 12.4. The van der Waals surface area contributed by atoms with E-state index in [-0.39, 0.29) is 24.1 Å². The van der Waals surface area contributed by atoms with Gasteiger partial charge in [-0.15, -0.1) is 0 Å². The van der Waals surface area contributed by atoms with Crippen molar-refractivity contribution in [2.75, 3.05) is 13.6 Å². The first-order valence-electron chi connectivity index (χ1n) is 6.34. The molecule has 2 aliphatic heterocycles. The normalized spacial score (nSPS) is 32.6. The third-order valence-corrected chi connectivity index (χ3v) is 3.78. The van der Waals surface area contributed by atoms with Crippen LogP contribution in [0.4, 0.5) is 0 Å². The van der Waals surface area contributed by atoms with Gasteiger partial charge in [0.2, 0.25) is 11.8 Å². The zero-order chi connectivity index (χ0) is 13.3. The molecule has 3 atom stereocenters. The van der Waals surface area contributed by atoms with Crippen LogP contribution in [0.25, 0.3) is 0 Å². The zero-order valence-electron chi connectivity index (χ0n) is 10.7. The minimum Gasteiger partial charge on any atom is -0.352 e. The molecule has 18 heavy (non-hydrogen) atoms. The van der Waals surface area contributed by atoms with E-state index in [1.165, 1.54) is 11.8 Å². The summed E-state index contributed by atoms with van der Waals surface area (Å²) in [7, 11) is 1.68. The summed E-state index contributed by atoms with van der Waals surface area (Å²) in [6, 6.07) is -1.38. The van der Waals surface area contributed by atoms with Gasteiger partial charge in [-0.3, -0.25) is 14.4 Å². The first-order chi connectivity index (χ1) is 8.56. The van der Waals surface area contributed by atoms with Crippen molar-refractivity contribution >= 4 is 17.6 Å². The number of rotatable bonds is 2. The number of amides is 2. The molecule has 2 amide bonds. The largest absolute Gasteiger partial charge is 0.352 e. The highest BCUT2D eigenvalue weighted by Gasteiger charge is 2.44. The third-order valence-electron chi connectivity index (χ3n) is 3.78. The van der Waals surface area contributed by atoms with E-state index in [1.54, 1.807) is 7.05 Å². The van der Waals surface area contributed by atoms with Crippen LogP contribution in [0.1, 0.15) is 26.2 Å². The molecule has 3 unspecified atom stereocenters. The maximum atomic E-state index is 12.4. The topological polar surface area (TPSA) is 78.5 Å². The Morgan fingerprint density at radius 2 is 2.11 bits per heavy atom. The molecule has 2 rings (SSSR count).